The monoisotopic (exact) mass is 285 g/mol. The summed E-state index contributed by atoms with van der Waals surface area (Å²) in [6.45, 7) is 4.14. The van der Waals surface area contributed by atoms with Crippen LogP contribution in [0.5, 0.6) is 0 Å². The number of carbonyl (C=O) groups is 1. The molecule has 0 atom stereocenters. The second kappa shape index (κ2) is 6.78. The van der Waals surface area contributed by atoms with Gasteiger partial charge in [-0.2, -0.15) is 0 Å². The van der Waals surface area contributed by atoms with E-state index in [2.05, 4.69) is 24.1 Å². The molecule has 2 rings (SSSR count). The topological polar surface area (TPSA) is 49.3 Å². The standard InChI is InChI=1S/C18H23NO2/c1-3-18(10-6-11-18)19-17(21)16-13-14(2)8-9-15(16)7-4-5-12-20/h8-9,13,20H,3,5-6,10-12H2,1-2H3,(H,19,21). The number of carbonyl (C=O) groups excluding carboxylic acids is 1. The maximum atomic E-state index is 12.6. The first-order valence-electron chi connectivity index (χ1n) is 7.63. The lowest BCUT2D eigenvalue weighted by Crippen LogP contribution is -2.53. The summed E-state index contributed by atoms with van der Waals surface area (Å²) in [4.78, 5) is 12.6. The summed E-state index contributed by atoms with van der Waals surface area (Å²) >= 11 is 0. The second-order valence-corrected chi connectivity index (χ2v) is 5.77. The van der Waals surface area contributed by atoms with Crippen molar-refractivity contribution in [2.45, 2.75) is 51.5 Å². The maximum absolute atomic E-state index is 12.6. The first-order valence-corrected chi connectivity index (χ1v) is 7.63. The normalized spacial score (nSPS) is 15.6. The summed E-state index contributed by atoms with van der Waals surface area (Å²) in [6, 6.07) is 5.73. The van der Waals surface area contributed by atoms with Gasteiger partial charge in [-0.25, -0.2) is 0 Å². The SMILES string of the molecule is CCC1(NC(=O)c2cc(C)ccc2C#CCCO)CCC1. The molecule has 0 radical (unpaired) electrons. The van der Waals surface area contributed by atoms with Gasteiger partial charge in [0.1, 0.15) is 0 Å². The van der Waals surface area contributed by atoms with Gasteiger partial charge in [-0.05, 0) is 44.7 Å². The first kappa shape index (κ1) is 15.6. The fourth-order valence-corrected chi connectivity index (χ4v) is 2.65. The van der Waals surface area contributed by atoms with Crippen molar-refractivity contribution in [3.63, 3.8) is 0 Å². The van der Waals surface area contributed by atoms with Gasteiger partial charge < -0.3 is 10.4 Å². The minimum Gasteiger partial charge on any atom is -0.395 e. The molecule has 2 N–H and O–H groups in total. The summed E-state index contributed by atoms with van der Waals surface area (Å²) in [7, 11) is 0. The van der Waals surface area contributed by atoms with Gasteiger partial charge in [0.25, 0.3) is 5.91 Å². The molecule has 0 heterocycles. The molecule has 0 saturated heterocycles. The number of benzene rings is 1. The van der Waals surface area contributed by atoms with Gasteiger partial charge in [-0.3, -0.25) is 4.79 Å². The Bertz CT molecular complexity index is 571. The fourth-order valence-electron chi connectivity index (χ4n) is 2.65. The predicted molar refractivity (Wildman–Crippen MR) is 84.1 cm³/mol. The van der Waals surface area contributed by atoms with Gasteiger partial charge in [-0.1, -0.05) is 30.4 Å². The lowest BCUT2D eigenvalue weighted by Gasteiger charge is -2.42. The Morgan fingerprint density at radius 1 is 1.43 bits per heavy atom. The molecule has 1 amide bonds. The summed E-state index contributed by atoms with van der Waals surface area (Å²) in [5.41, 5.74) is 2.40. The van der Waals surface area contributed by atoms with Crippen molar-refractivity contribution in [3.05, 3.63) is 34.9 Å². The highest BCUT2D eigenvalue weighted by molar-refractivity contribution is 5.97. The molecule has 0 unspecified atom stereocenters. The molecule has 3 nitrogen and oxygen atoms in total. The van der Waals surface area contributed by atoms with Gasteiger partial charge in [0, 0.05) is 17.5 Å². The van der Waals surface area contributed by atoms with Gasteiger partial charge >= 0.3 is 0 Å². The Balaban J connectivity index is 2.23. The van der Waals surface area contributed by atoms with Crippen LogP contribution in [0.15, 0.2) is 18.2 Å². The van der Waals surface area contributed by atoms with E-state index < -0.39 is 0 Å². The molecule has 1 saturated carbocycles. The number of amides is 1. The second-order valence-electron chi connectivity index (χ2n) is 5.77. The van der Waals surface area contributed by atoms with E-state index in [1.54, 1.807) is 0 Å². The molecule has 1 aliphatic carbocycles. The smallest absolute Gasteiger partial charge is 0.252 e. The quantitative estimate of drug-likeness (QED) is 0.836. The third kappa shape index (κ3) is 3.65. The fraction of sp³-hybridized carbons (Fsp3) is 0.500. The number of aliphatic hydroxyl groups excluding tert-OH is 1. The van der Waals surface area contributed by atoms with E-state index in [1.165, 1.54) is 6.42 Å². The molecule has 112 valence electrons. The van der Waals surface area contributed by atoms with E-state index in [1.807, 2.05) is 25.1 Å². The minimum atomic E-state index is -0.0338. The predicted octanol–water partition coefficient (Wildman–Crippen LogP) is 2.79. The van der Waals surface area contributed by atoms with Crippen LogP contribution in [0.4, 0.5) is 0 Å². The molecule has 1 aliphatic rings. The first-order chi connectivity index (χ1) is 10.1. The summed E-state index contributed by atoms with van der Waals surface area (Å²) in [5, 5.41) is 12.0. The molecule has 0 bridgehead atoms. The molecule has 3 heteroatoms. The van der Waals surface area contributed by atoms with Crippen molar-refractivity contribution < 1.29 is 9.90 Å². The minimum absolute atomic E-state index is 0.0172. The summed E-state index contributed by atoms with van der Waals surface area (Å²) < 4.78 is 0. The van der Waals surface area contributed by atoms with E-state index in [0.29, 0.717) is 12.0 Å². The Labute approximate surface area is 126 Å². The molecule has 1 aromatic rings. The molecule has 21 heavy (non-hydrogen) atoms. The summed E-state index contributed by atoms with van der Waals surface area (Å²) in [5.74, 6) is 5.85. The number of aliphatic hydroxyl groups is 1. The van der Waals surface area contributed by atoms with Crippen molar-refractivity contribution in [2.75, 3.05) is 6.61 Å². The molecule has 1 fully saturated rings. The Hall–Kier alpha value is -1.79. The lowest BCUT2D eigenvalue weighted by molar-refractivity contribution is 0.0820. The van der Waals surface area contributed by atoms with E-state index in [0.717, 1.165) is 30.4 Å². The van der Waals surface area contributed by atoms with Gasteiger partial charge in [0.05, 0.1) is 12.2 Å². The van der Waals surface area contributed by atoms with Crippen LogP contribution in [0.1, 0.15) is 60.5 Å². The van der Waals surface area contributed by atoms with E-state index >= 15 is 0 Å². The van der Waals surface area contributed by atoms with Gasteiger partial charge in [-0.15, -0.1) is 0 Å². The molecule has 1 aromatic carbocycles. The van der Waals surface area contributed by atoms with Crippen LogP contribution in [0, 0.1) is 18.8 Å². The number of hydrogen-bond acceptors (Lipinski definition) is 2. The van der Waals surface area contributed by atoms with Crippen molar-refractivity contribution in [3.8, 4) is 11.8 Å². The molecule has 0 aromatic heterocycles. The van der Waals surface area contributed by atoms with Crippen LogP contribution in [-0.4, -0.2) is 23.2 Å². The van der Waals surface area contributed by atoms with Crippen molar-refractivity contribution in [2.24, 2.45) is 0 Å². The number of hydrogen-bond donors (Lipinski definition) is 2. The van der Waals surface area contributed by atoms with Crippen LogP contribution in [0.25, 0.3) is 0 Å². The van der Waals surface area contributed by atoms with Crippen molar-refractivity contribution in [1.29, 1.82) is 0 Å². The highest BCUT2D eigenvalue weighted by atomic mass is 16.2. The highest BCUT2D eigenvalue weighted by Gasteiger charge is 2.36. The zero-order valence-electron chi connectivity index (χ0n) is 12.8. The Kier molecular flexibility index (Phi) is 5.03. The van der Waals surface area contributed by atoms with Crippen LogP contribution in [0.3, 0.4) is 0 Å². The van der Waals surface area contributed by atoms with Crippen LogP contribution in [-0.2, 0) is 0 Å². The molecular formula is C18H23NO2. The van der Waals surface area contributed by atoms with E-state index in [4.69, 9.17) is 5.11 Å². The average molecular weight is 285 g/mol. The highest BCUT2D eigenvalue weighted by Crippen LogP contribution is 2.35. The zero-order valence-corrected chi connectivity index (χ0v) is 12.8. The maximum Gasteiger partial charge on any atom is 0.252 e. The lowest BCUT2D eigenvalue weighted by atomic mass is 9.74. The number of nitrogens with one attached hydrogen (secondary N) is 1. The number of aryl methyl sites for hydroxylation is 1. The number of rotatable bonds is 4. The van der Waals surface area contributed by atoms with Crippen LogP contribution >= 0.6 is 0 Å². The molecule has 0 spiro atoms. The van der Waals surface area contributed by atoms with Crippen LogP contribution < -0.4 is 5.32 Å². The van der Waals surface area contributed by atoms with Crippen molar-refractivity contribution in [1.82, 2.24) is 5.32 Å². The third-order valence-corrected chi connectivity index (χ3v) is 4.25. The molecule has 0 aliphatic heterocycles. The van der Waals surface area contributed by atoms with Gasteiger partial charge in [0.15, 0.2) is 0 Å². The zero-order chi connectivity index (χ0) is 15.3. The van der Waals surface area contributed by atoms with Crippen molar-refractivity contribution >= 4 is 5.91 Å². The third-order valence-electron chi connectivity index (χ3n) is 4.25. The molecular weight excluding hydrogens is 262 g/mol. The Morgan fingerprint density at radius 2 is 2.19 bits per heavy atom. The average Bonchev–Trinajstić information content (AvgIpc) is 2.44. The van der Waals surface area contributed by atoms with Gasteiger partial charge in [0.2, 0.25) is 0 Å². The van der Waals surface area contributed by atoms with E-state index in [9.17, 15) is 4.79 Å². The Morgan fingerprint density at radius 3 is 2.76 bits per heavy atom. The summed E-state index contributed by atoms with van der Waals surface area (Å²) in [6.07, 6.45) is 4.70. The largest absolute Gasteiger partial charge is 0.395 e. The van der Waals surface area contributed by atoms with Crippen LogP contribution in [0.2, 0.25) is 0 Å². The van der Waals surface area contributed by atoms with E-state index in [-0.39, 0.29) is 18.1 Å².